The number of hydrogen-bond acceptors (Lipinski definition) is 4. The Morgan fingerprint density at radius 2 is 2.04 bits per heavy atom. The SMILES string of the molecule is C/C=C/[C@@H]1C=C[C@H]2C[C@H](C)CC[C@H]2[C@@]1(C)/C(O)=C1/C(=O)[C@H](CO)N(C)C1=O. The largest absolute Gasteiger partial charge is 0.511 e. The van der Waals surface area contributed by atoms with Gasteiger partial charge in [-0.25, -0.2) is 0 Å². The van der Waals surface area contributed by atoms with E-state index in [1.807, 2.05) is 26.0 Å². The van der Waals surface area contributed by atoms with Gasteiger partial charge in [0.05, 0.1) is 6.61 Å². The van der Waals surface area contributed by atoms with Crippen molar-refractivity contribution in [1.29, 1.82) is 0 Å². The number of aliphatic hydroxyl groups is 2. The Morgan fingerprint density at radius 3 is 2.63 bits per heavy atom. The molecule has 1 saturated heterocycles. The third kappa shape index (κ3) is 2.96. The first-order chi connectivity index (χ1) is 12.8. The highest BCUT2D eigenvalue weighted by Crippen LogP contribution is 2.56. The number of carbonyl (C=O) groups excluding carboxylic acids is 2. The van der Waals surface area contributed by atoms with Crippen molar-refractivity contribution < 1.29 is 19.8 Å². The third-order valence-electron chi connectivity index (χ3n) is 7.06. The highest BCUT2D eigenvalue weighted by Gasteiger charge is 2.53. The van der Waals surface area contributed by atoms with E-state index in [4.69, 9.17) is 0 Å². The Bertz CT molecular complexity index is 722. The highest BCUT2D eigenvalue weighted by atomic mass is 16.3. The molecular formula is C22H31NO4. The molecule has 148 valence electrons. The van der Waals surface area contributed by atoms with E-state index >= 15 is 0 Å². The Morgan fingerprint density at radius 1 is 1.33 bits per heavy atom. The molecule has 1 amide bonds. The average molecular weight is 373 g/mol. The van der Waals surface area contributed by atoms with E-state index in [1.54, 1.807) is 0 Å². The van der Waals surface area contributed by atoms with E-state index in [0.717, 1.165) is 19.3 Å². The third-order valence-corrected chi connectivity index (χ3v) is 7.06. The molecule has 2 N–H and O–H groups in total. The van der Waals surface area contributed by atoms with Gasteiger partial charge in [-0.05, 0) is 37.5 Å². The molecule has 0 aromatic heterocycles. The van der Waals surface area contributed by atoms with Gasteiger partial charge >= 0.3 is 0 Å². The fourth-order valence-electron chi connectivity index (χ4n) is 5.35. The van der Waals surface area contributed by atoms with Gasteiger partial charge in [0.25, 0.3) is 5.91 Å². The van der Waals surface area contributed by atoms with Gasteiger partial charge in [-0.3, -0.25) is 9.59 Å². The lowest BCUT2D eigenvalue weighted by Crippen LogP contribution is -2.45. The first-order valence-corrected chi connectivity index (χ1v) is 9.94. The van der Waals surface area contributed by atoms with E-state index in [-0.39, 0.29) is 23.2 Å². The van der Waals surface area contributed by atoms with Gasteiger partial charge in [0.2, 0.25) is 0 Å². The van der Waals surface area contributed by atoms with Crippen molar-refractivity contribution in [3.8, 4) is 0 Å². The number of hydrogen-bond donors (Lipinski definition) is 2. The summed E-state index contributed by atoms with van der Waals surface area (Å²) in [6, 6.07) is -0.903. The van der Waals surface area contributed by atoms with Crippen LogP contribution in [-0.2, 0) is 9.59 Å². The van der Waals surface area contributed by atoms with Gasteiger partial charge in [-0.15, -0.1) is 0 Å². The second-order valence-corrected chi connectivity index (χ2v) is 8.61. The van der Waals surface area contributed by atoms with Crippen molar-refractivity contribution in [2.45, 2.75) is 46.1 Å². The van der Waals surface area contributed by atoms with Crippen LogP contribution in [0.1, 0.15) is 40.0 Å². The average Bonchev–Trinajstić information content (AvgIpc) is 2.85. The van der Waals surface area contributed by atoms with Gasteiger partial charge in [0, 0.05) is 18.4 Å². The molecule has 1 aliphatic heterocycles. The molecular weight excluding hydrogens is 342 g/mol. The number of ketones is 1. The molecule has 6 atom stereocenters. The molecule has 2 aliphatic carbocycles. The van der Waals surface area contributed by atoms with Crippen LogP contribution in [0.25, 0.3) is 0 Å². The molecule has 5 heteroatoms. The van der Waals surface area contributed by atoms with Crippen molar-refractivity contribution in [2.24, 2.45) is 29.1 Å². The molecule has 1 heterocycles. The minimum Gasteiger partial charge on any atom is -0.511 e. The number of likely N-dealkylation sites (tertiary alicyclic amines) is 1. The number of rotatable bonds is 3. The molecule has 0 aromatic rings. The highest BCUT2D eigenvalue weighted by molar-refractivity contribution is 6.26. The molecule has 0 unspecified atom stereocenters. The zero-order valence-corrected chi connectivity index (χ0v) is 16.7. The summed E-state index contributed by atoms with van der Waals surface area (Å²) in [5.41, 5.74) is -0.848. The molecule has 5 nitrogen and oxygen atoms in total. The van der Waals surface area contributed by atoms with Gasteiger partial charge in [-0.1, -0.05) is 44.6 Å². The van der Waals surface area contributed by atoms with Crippen molar-refractivity contribution in [3.63, 3.8) is 0 Å². The fraction of sp³-hybridized carbons (Fsp3) is 0.636. The monoisotopic (exact) mass is 373 g/mol. The van der Waals surface area contributed by atoms with Crippen molar-refractivity contribution in [3.05, 3.63) is 35.6 Å². The van der Waals surface area contributed by atoms with Crippen molar-refractivity contribution >= 4 is 11.7 Å². The van der Waals surface area contributed by atoms with Gasteiger partial charge in [0.15, 0.2) is 5.78 Å². The van der Waals surface area contributed by atoms with Crippen LogP contribution < -0.4 is 0 Å². The van der Waals surface area contributed by atoms with Gasteiger partial charge in [-0.2, -0.15) is 0 Å². The maximum absolute atomic E-state index is 12.8. The number of aliphatic hydroxyl groups excluding tert-OH is 2. The van der Waals surface area contributed by atoms with Gasteiger partial charge < -0.3 is 15.1 Å². The summed E-state index contributed by atoms with van der Waals surface area (Å²) < 4.78 is 0. The number of carbonyl (C=O) groups is 2. The zero-order chi connectivity index (χ0) is 19.9. The number of amides is 1. The smallest absolute Gasteiger partial charge is 0.261 e. The zero-order valence-electron chi connectivity index (χ0n) is 16.7. The summed E-state index contributed by atoms with van der Waals surface area (Å²) in [5.74, 6) is -0.00752. The predicted molar refractivity (Wildman–Crippen MR) is 104 cm³/mol. The second-order valence-electron chi connectivity index (χ2n) is 8.61. The Kier molecular flexibility index (Phi) is 5.35. The van der Waals surface area contributed by atoms with Crippen molar-refractivity contribution in [1.82, 2.24) is 4.90 Å². The first-order valence-electron chi connectivity index (χ1n) is 9.94. The first kappa shape index (κ1) is 19.9. The normalized spacial score (nSPS) is 41.4. The molecule has 0 bridgehead atoms. The Hall–Kier alpha value is -1.88. The summed E-state index contributed by atoms with van der Waals surface area (Å²) in [7, 11) is 1.50. The number of likely N-dealkylation sites (N-methyl/N-ethyl adjacent to an activating group) is 1. The summed E-state index contributed by atoms with van der Waals surface area (Å²) in [6.07, 6.45) is 11.5. The molecule has 0 aromatic carbocycles. The minimum absolute atomic E-state index is 0.0799. The quantitative estimate of drug-likeness (QED) is 0.345. The lowest BCUT2D eigenvalue weighted by atomic mass is 9.54. The van der Waals surface area contributed by atoms with Crippen LogP contribution in [0.4, 0.5) is 0 Å². The summed E-state index contributed by atoms with van der Waals surface area (Å²) in [4.78, 5) is 26.7. The Labute approximate surface area is 161 Å². The number of fused-ring (bicyclic) bond motifs is 1. The predicted octanol–water partition coefficient (Wildman–Crippen LogP) is 3.02. The van der Waals surface area contributed by atoms with Crippen LogP contribution >= 0.6 is 0 Å². The Balaban J connectivity index is 2.14. The summed E-state index contributed by atoms with van der Waals surface area (Å²) in [5, 5.41) is 20.9. The minimum atomic E-state index is -0.903. The van der Waals surface area contributed by atoms with E-state index in [1.165, 1.54) is 11.9 Å². The number of allylic oxidation sites excluding steroid dienone is 5. The number of Topliss-reactive ketones (excluding diaryl/α,β-unsaturated/α-hetero) is 1. The van der Waals surface area contributed by atoms with Gasteiger partial charge in [0.1, 0.15) is 17.4 Å². The van der Waals surface area contributed by atoms with E-state index < -0.39 is 29.8 Å². The topological polar surface area (TPSA) is 77.8 Å². The van der Waals surface area contributed by atoms with Crippen LogP contribution in [0.5, 0.6) is 0 Å². The molecule has 0 radical (unpaired) electrons. The molecule has 1 saturated carbocycles. The lowest BCUT2D eigenvalue weighted by molar-refractivity contribution is -0.126. The van der Waals surface area contributed by atoms with Crippen LogP contribution in [0.2, 0.25) is 0 Å². The van der Waals surface area contributed by atoms with E-state index in [2.05, 4.69) is 19.1 Å². The molecule has 2 fully saturated rings. The molecule has 27 heavy (non-hydrogen) atoms. The summed E-state index contributed by atoms with van der Waals surface area (Å²) in [6.45, 7) is 5.75. The summed E-state index contributed by atoms with van der Waals surface area (Å²) >= 11 is 0. The molecule has 3 rings (SSSR count). The maximum Gasteiger partial charge on any atom is 0.261 e. The van der Waals surface area contributed by atoms with Crippen LogP contribution in [0, 0.1) is 29.1 Å². The molecule has 3 aliphatic rings. The van der Waals surface area contributed by atoms with Crippen molar-refractivity contribution in [2.75, 3.05) is 13.7 Å². The second kappa shape index (κ2) is 7.27. The maximum atomic E-state index is 12.8. The van der Waals surface area contributed by atoms with Crippen LogP contribution in [0.3, 0.4) is 0 Å². The molecule has 0 spiro atoms. The van der Waals surface area contributed by atoms with E-state index in [0.29, 0.717) is 11.8 Å². The standard InChI is InChI=1S/C22H31NO4/c1-5-6-15-9-8-14-11-13(2)7-10-16(14)22(15,3)20(26)18-19(25)17(12-24)23(4)21(18)27/h5-6,8-9,13-17,24,26H,7,10-12H2,1-4H3/b6-5+,20-18+/t13-,14+,15-,16-,17+,22+/m1/s1. The van der Waals surface area contributed by atoms with Crippen LogP contribution in [-0.4, -0.2) is 46.5 Å². The fourth-order valence-corrected chi connectivity index (χ4v) is 5.35. The van der Waals surface area contributed by atoms with E-state index in [9.17, 15) is 19.8 Å². The van der Waals surface area contributed by atoms with Crippen LogP contribution in [0.15, 0.2) is 35.6 Å². The lowest BCUT2D eigenvalue weighted by Gasteiger charge is -2.50. The number of nitrogens with zero attached hydrogens (tertiary/aromatic N) is 1.